The van der Waals surface area contributed by atoms with Gasteiger partial charge in [-0.25, -0.2) is 8.91 Å². The lowest BCUT2D eigenvalue weighted by Gasteiger charge is -2.10. The first-order valence-electron chi connectivity index (χ1n) is 8.56. The Morgan fingerprint density at radius 2 is 1.85 bits per heavy atom. The van der Waals surface area contributed by atoms with Crippen LogP contribution in [-0.2, 0) is 6.42 Å². The number of hydrogen-bond acceptors (Lipinski definition) is 4. The first kappa shape index (κ1) is 16.4. The highest BCUT2D eigenvalue weighted by Gasteiger charge is 2.19. The molecule has 0 N–H and O–H groups in total. The Balaban J connectivity index is 2.06. The van der Waals surface area contributed by atoms with E-state index < -0.39 is 0 Å². The van der Waals surface area contributed by atoms with Gasteiger partial charge in [0.1, 0.15) is 11.3 Å². The fourth-order valence-corrected chi connectivity index (χ4v) is 3.17. The lowest BCUT2D eigenvalue weighted by molar-refractivity contribution is 0.581. The number of aromatic nitrogens is 5. The third kappa shape index (κ3) is 2.39. The van der Waals surface area contributed by atoms with Gasteiger partial charge in [-0.05, 0) is 44.0 Å². The largest absolute Gasteiger partial charge is 0.311 e. The van der Waals surface area contributed by atoms with Gasteiger partial charge in [0.2, 0.25) is 0 Å². The van der Waals surface area contributed by atoms with Crippen molar-refractivity contribution in [2.75, 3.05) is 0 Å². The van der Waals surface area contributed by atoms with E-state index >= 15 is 0 Å². The van der Waals surface area contributed by atoms with Crippen molar-refractivity contribution in [2.24, 2.45) is 0 Å². The molecule has 0 atom stereocenters. The second-order valence-corrected chi connectivity index (χ2v) is 6.47. The molecule has 0 aliphatic heterocycles. The molecule has 7 heteroatoms. The summed E-state index contributed by atoms with van der Waals surface area (Å²) in [4.78, 5) is 12.7. The fourth-order valence-electron chi connectivity index (χ4n) is 3.17. The normalized spacial score (nSPS) is 11.7. The Kier molecular flexibility index (Phi) is 3.79. The van der Waals surface area contributed by atoms with E-state index in [1.165, 1.54) is 12.1 Å². The molecule has 0 unspecified atom stereocenters. The molecule has 0 fully saturated rings. The minimum Gasteiger partial charge on any atom is -0.311 e. The van der Waals surface area contributed by atoms with Crippen LogP contribution in [0.1, 0.15) is 32.5 Å². The minimum absolute atomic E-state index is 0.0306. The topological polar surface area (TPSA) is 65.1 Å². The van der Waals surface area contributed by atoms with E-state index in [0.717, 1.165) is 16.8 Å². The molecule has 132 valence electrons. The van der Waals surface area contributed by atoms with Crippen LogP contribution in [0, 0.1) is 5.82 Å². The van der Waals surface area contributed by atoms with Gasteiger partial charge in [0.15, 0.2) is 11.2 Å². The highest BCUT2D eigenvalue weighted by atomic mass is 19.1. The molecule has 0 aliphatic rings. The smallest absolute Gasteiger partial charge is 0.280 e. The first-order valence-corrected chi connectivity index (χ1v) is 8.56. The summed E-state index contributed by atoms with van der Waals surface area (Å²) in [6, 6.07) is 8.09. The van der Waals surface area contributed by atoms with Gasteiger partial charge in [0.25, 0.3) is 5.56 Å². The molecule has 0 radical (unpaired) electrons. The van der Waals surface area contributed by atoms with E-state index in [0.29, 0.717) is 17.6 Å². The van der Waals surface area contributed by atoms with Crippen LogP contribution >= 0.6 is 0 Å². The third-order valence-electron chi connectivity index (χ3n) is 4.50. The molecule has 0 aliphatic carbocycles. The number of benzene rings is 1. The zero-order chi connectivity index (χ0) is 18.4. The van der Waals surface area contributed by atoms with E-state index in [9.17, 15) is 9.18 Å². The summed E-state index contributed by atoms with van der Waals surface area (Å²) in [5.41, 5.74) is 3.72. The van der Waals surface area contributed by atoms with Crippen molar-refractivity contribution in [2.45, 2.75) is 33.2 Å². The summed E-state index contributed by atoms with van der Waals surface area (Å²) < 4.78 is 16.6. The molecule has 26 heavy (non-hydrogen) atoms. The number of halogens is 1. The van der Waals surface area contributed by atoms with Gasteiger partial charge in [-0.3, -0.25) is 4.79 Å². The summed E-state index contributed by atoms with van der Waals surface area (Å²) in [7, 11) is 0. The second kappa shape index (κ2) is 6.01. The maximum atomic E-state index is 13.3. The van der Waals surface area contributed by atoms with Crippen molar-refractivity contribution in [1.29, 1.82) is 0 Å². The molecule has 0 amide bonds. The summed E-state index contributed by atoms with van der Waals surface area (Å²) in [6.45, 7) is 5.88. The molecular weight excluding hydrogens is 333 g/mol. The number of pyridine rings is 1. The van der Waals surface area contributed by atoms with Crippen molar-refractivity contribution in [3.8, 4) is 11.1 Å². The standard InChI is InChI=1S/C19H18FN5O/c1-4-14-16(12-5-7-13(20)8-6-12)18-22-21-17-15(25(18)23-14)9-10-24(11(2)3)19(17)26/h5-11H,4H2,1-3H3. The van der Waals surface area contributed by atoms with Gasteiger partial charge in [0.05, 0.1) is 11.3 Å². The predicted molar refractivity (Wildman–Crippen MR) is 97.7 cm³/mol. The van der Waals surface area contributed by atoms with Crippen LogP contribution in [0.5, 0.6) is 0 Å². The zero-order valence-corrected chi connectivity index (χ0v) is 14.8. The first-order chi connectivity index (χ1) is 12.5. The highest BCUT2D eigenvalue weighted by molar-refractivity contribution is 5.84. The van der Waals surface area contributed by atoms with Crippen LogP contribution in [-0.4, -0.2) is 24.4 Å². The van der Waals surface area contributed by atoms with Gasteiger partial charge in [0, 0.05) is 12.2 Å². The Morgan fingerprint density at radius 3 is 2.50 bits per heavy atom. The average molecular weight is 351 g/mol. The fraction of sp³-hybridized carbons (Fsp3) is 0.263. The van der Waals surface area contributed by atoms with E-state index in [4.69, 9.17) is 0 Å². The van der Waals surface area contributed by atoms with Gasteiger partial charge >= 0.3 is 0 Å². The van der Waals surface area contributed by atoms with Crippen molar-refractivity contribution >= 4 is 16.7 Å². The van der Waals surface area contributed by atoms with E-state index in [1.54, 1.807) is 27.4 Å². The number of hydrogen-bond donors (Lipinski definition) is 0. The summed E-state index contributed by atoms with van der Waals surface area (Å²) in [5.74, 6) is -0.297. The average Bonchev–Trinajstić information content (AvgIpc) is 3.01. The molecule has 4 rings (SSSR count). The van der Waals surface area contributed by atoms with Crippen LogP contribution < -0.4 is 5.56 Å². The molecule has 3 aromatic heterocycles. The quantitative estimate of drug-likeness (QED) is 0.567. The number of nitrogens with zero attached hydrogens (tertiary/aromatic N) is 5. The van der Waals surface area contributed by atoms with Crippen LogP contribution in [0.4, 0.5) is 4.39 Å². The molecule has 0 saturated heterocycles. The maximum Gasteiger partial charge on any atom is 0.280 e. The monoisotopic (exact) mass is 351 g/mol. The summed E-state index contributed by atoms with van der Waals surface area (Å²) >= 11 is 0. The molecular formula is C19H18FN5O. The highest BCUT2D eigenvalue weighted by Crippen LogP contribution is 2.29. The van der Waals surface area contributed by atoms with Crippen molar-refractivity contribution in [1.82, 2.24) is 24.4 Å². The Hall–Kier alpha value is -3.09. The molecule has 3 heterocycles. The molecule has 6 nitrogen and oxygen atoms in total. The SMILES string of the molecule is CCc1nn2c(nnc3c(=O)n(C(C)C)ccc32)c1-c1ccc(F)cc1. The van der Waals surface area contributed by atoms with Crippen LogP contribution in [0.2, 0.25) is 0 Å². The van der Waals surface area contributed by atoms with Crippen LogP contribution in [0.15, 0.2) is 41.3 Å². The van der Waals surface area contributed by atoms with E-state index in [2.05, 4.69) is 15.3 Å². The molecule has 0 bridgehead atoms. The molecule has 4 aromatic rings. The molecule has 0 saturated carbocycles. The van der Waals surface area contributed by atoms with E-state index in [-0.39, 0.29) is 22.9 Å². The second-order valence-electron chi connectivity index (χ2n) is 6.47. The van der Waals surface area contributed by atoms with Crippen molar-refractivity contribution in [3.05, 3.63) is 58.4 Å². The minimum atomic E-state index is -0.297. The van der Waals surface area contributed by atoms with Crippen LogP contribution in [0.25, 0.3) is 27.8 Å². The molecule has 0 spiro atoms. The van der Waals surface area contributed by atoms with Crippen LogP contribution in [0.3, 0.4) is 0 Å². The Bertz CT molecular complexity index is 1170. The summed E-state index contributed by atoms with van der Waals surface area (Å²) in [6.07, 6.45) is 2.43. The number of rotatable bonds is 3. The Morgan fingerprint density at radius 1 is 1.12 bits per heavy atom. The third-order valence-corrected chi connectivity index (χ3v) is 4.50. The molecule has 1 aromatic carbocycles. The van der Waals surface area contributed by atoms with Gasteiger partial charge in [-0.2, -0.15) is 5.10 Å². The number of aryl methyl sites for hydroxylation is 1. The van der Waals surface area contributed by atoms with Crippen molar-refractivity contribution in [3.63, 3.8) is 0 Å². The van der Waals surface area contributed by atoms with Gasteiger partial charge in [-0.15, -0.1) is 10.2 Å². The van der Waals surface area contributed by atoms with Gasteiger partial charge < -0.3 is 4.57 Å². The maximum absolute atomic E-state index is 13.3. The van der Waals surface area contributed by atoms with E-state index in [1.807, 2.05) is 26.8 Å². The van der Waals surface area contributed by atoms with Crippen molar-refractivity contribution < 1.29 is 4.39 Å². The lowest BCUT2D eigenvalue weighted by atomic mass is 10.0. The lowest BCUT2D eigenvalue weighted by Crippen LogP contribution is -2.23. The summed E-state index contributed by atoms with van der Waals surface area (Å²) in [5, 5.41) is 13.1. The zero-order valence-electron chi connectivity index (χ0n) is 14.8. The number of fused-ring (bicyclic) bond motifs is 3. The van der Waals surface area contributed by atoms with Gasteiger partial charge in [-0.1, -0.05) is 19.1 Å². The predicted octanol–water partition coefficient (Wildman–Crippen LogP) is 3.39. The Labute approximate surface area is 148 Å².